The predicted molar refractivity (Wildman–Crippen MR) is 104 cm³/mol. The Balaban J connectivity index is 0.00000156. The van der Waals surface area contributed by atoms with E-state index in [9.17, 15) is 4.79 Å². The number of aromatic nitrogens is 1. The number of amides is 1. The first-order valence-corrected chi connectivity index (χ1v) is 7.95. The van der Waals surface area contributed by atoms with Crippen molar-refractivity contribution in [1.29, 1.82) is 0 Å². The zero-order chi connectivity index (χ0) is 16.1. The number of nitrogens with one attached hydrogen (secondary N) is 1. The third kappa shape index (κ3) is 6.20. The average Bonchev–Trinajstić information content (AvgIpc) is 2.57. The first-order chi connectivity index (χ1) is 11.2. The van der Waals surface area contributed by atoms with E-state index in [0.29, 0.717) is 5.75 Å². The topological polar surface area (TPSA) is 77.2 Å². The molecule has 1 aliphatic carbocycles. The number of rotatable bonds is 4. The van der Waals surface area contributed by atoms with Gasteiger partial charge in [-0.2, -0.15) is 0 Å². The average molecular weight is 384 g/mol. The Morgan fingerprint density at radius 3 is 2.32 bits per heavy atom. The molecule has 0 aliphatic heterocycles. The summed E-state index contributed by atoms with van der Waals surface area (Å²) in [5.41, 5.74) is 6.72. The van der Waals surface area contributed by atoms with Crippen LogP contribution in [0.15, 0.2) is 48.8 Å². The van der Waals surface area contributed by atoms with Gasteiger partial charge in [0.05, 0.1) is 0 Å². The molecule has 3 rings (SSSR count). The Hall–Kier alpha value is -1.82. The predicted octanol–water partition coefficient (Wildman–Crippen LogP) is 4.17. The fourth-order valence-corrected chi connectivity index (χ4v) is 2.86. The smallest absolute Gasteiger partial charge is 0.227 e. The van der Waals surface area contributed by atoms with Crippen LogP contribution < -0.4 is 15.8 Å². The Bertz CT molecular complexity index is 653. The molecule has 0 radical (unpaired) electrons. The lowest BCUT2D eigenvalue weighted by Gasteiger charge is -2.25. The molecular formula is C18H23Cl2N3O2. The van der Waals surface area contributed by atoms with Gasteiger partial charge in [0.2, 0.25) is 5.91 Å². The van der Waals surface area contributed by atoms with Crippen molar-refractivity contribution in [1.82, 2.24) is 4.98 Å². The summed E-state index contributed by atoms with van der Waals surface area (Å²) in [4.78, 5) is 16.2. The van der Waals surface area contributed by atoms with Crippen LogP contribution in [-0.4, -0.2) is 16.9 Å². The Morgan fingerprint density at radius 2 is 1.68 bits per heavy atom. The normalized spacial score (nSPS) is 19.1. The van der Waals surface area contributed by atoms with Crippen molar-refractivity contribution in [2.24, 2.45) is 11.7 Å². The van der Waals surface area contributed by atoms with Gasteiger partial charge in [0.15, 0.2) is 0 Å². The van der Waals surface area contributed by atoms with Crippen molar-refractivity contribution < 1.29 is 9.53 Å². The molecule has 7 heteroatoms. The van der Waals surface area contributed by atoms with Crippen LogP contribution in [0.5, 0.6) is 11.5 Å². The van der Waals surface area contributed by atoms with E-state index < -0.39 is 0 Å². The number of hydrogen-bond donors (Lipinski definition) is 2. The highest BCUT2D eigenvalue weighted by Crippen LogP contribution is 2.26. The molecule has 1 heterocycles. The van der Waals surface area contributed by atoms with E-state index in [2.05, 4.69) is 10.3 Å². The molecule has 2 unspecified atom stereocenters. The van der Waals surface area contributed by atoms with Gasteiger partial charge in [-0.1, -0.05) is 6.42 Å². The second kappa shape index (κ2) is 10.2. The maximum absolute atomic E-state index is 12.3. The van der Waals surface area contributed by atoms with Crippen LogP contribution in [0.4, 0.5) is 5.69 Å². The molecule has 1 saturated carbocycles. The number of nitrogens with two attached hydrogens (primary N) is 1. The monoisotopic (exact) mass is 383 g/mol. The number of anilines is 1. The summed E-state index contributed by atoms with van der Waals surface area (Å²) in [7, 11) is 0. The first kappa shape index (κ1) is 21.2. The molecule has 0 bridgehead atoms. The third-order valence-electron chi connectivity index (χ3n) is 4.09. The minimum absolute atomic E-state index is 0. The van der Waals surface area contributed by atoms with Crippen LogP contribution >= 0.6 is 24.8 Å². The molecule has 2 atom stereocenters. The van der Waals surface area contributed by atoms with Crippen molar-refractivity contribution in [3.63, 3.8) is 0 Å². The summed E-state index contributed by atoms with van der Waals surface area (Å²) in [5.74, 6) is 1.52. The summed E-state index contributed by atoms with van der Waals surface area (Å²) in [6.45, 7) is 0. The Labute approximate surface area is 160 Å². The maximum atomic E-state index is 12.3. The number of halogens is 2. The van der Waals surface area contributed by atoms with Crippen molar-refractivity contribution in [3.05, 3.63) is 48.8 Å². The van der Waals surface area contributed by atoms with Gasteiger partial charge in [0.1, 0.15) is 11.5 Å². The highest BCUT2D eigenvalue weighted by Gasteiger charge is 2.25. The molecule has 0 spiro atoms. The zero-order valence-corrected chi connectivity index (χ0v) is 15.4. The minimum Gasteiger partial charge on any atom is -0.457 e. The molecule has 1 fully saturated rings. The van der Waals surface area contributed by atoms with E-state index in [-0.39, 0.29) is 42.7 Å². The molecule has 1 aromatic heterocycles. The molecular weight excluding hydrogens is 361 g/mol. The Kier molecular flexibility index (Phi) is 8.69. The molecule has 3 N–H and O–H groups in total. The second-order valence-corrected chi connectivity index (χ2v) is 5.92. The van der Waals surface area contributed by atoms with Crippen LogP contribution in [0, 0.1) is 5.92 Å². The summed E-state index contributed by atoms with van der Waals surface area (Å²) < 4.78 is 5.70. The zero-order valence-electron chi connectivity index (χ0n) is 13.8. The Morgan fingerprint density at radius 1 is 1.04 bits per heavy atom. The lowest BCUT2D eigenvalue weighted by atomic mass is 9.85. The largest absolute Gasteiger partial charge is 0.457 e. The fraction of sp³-hybridized carbons (Fsp3) is 0.333. The molecule has 136 valence electrons. The van der Waals surface area contributed by atoms with Gasteiger partial charge in [0.25, 0.3) is 0 Å². The molecule has 1 aliphatic rings. The first-order valence-electron chi connectivity index (χ1n) is 7.95. The van der Waals surface area contributed by atoms with Gasteiger partial charge in [-0.05, 0) is 55.7 Å². The van der Waals surface area contributed by atoms with E-state index in [1.54, 1.807) is 24.5 Å². The third-order valence-corrected chi connectivity index (χ3v) is 4.09. The standard InChI is InChI=1S/C18H21N3O2.2ClH/c19-14-3-1-2-13(12-14)18(22)21-15-4-6-16(7-5-15)23-17-8-10-20-11-9-17;;/h4-11,13-14H,1-3,12,19H2,(H,21,22);2*1H. The number of nitrogens with zero attached hydrogens (tertiary/aromatic N) is 1. The summed E-state index contributed by atoms with van der Waals surface area (Å²) in [5, 5.41) is 2.96. The number of hydrogen-bond acceptors (Lipinski definition) is 4. The van der Waals surface area contributed by atoms with Crippen LogP contribution in [0.2, 0.25) is 0 Å². The number of pyridine rings is 1. The quantitative estimate of drug-likeness (QED) is 0.829. The van der Waals surface area contributed by atoms with E-state index in [1.165, 1.54) is 0 Å². The highest BCUT2D eigenvalue weighted by atomic mass is 35.5. The van der Waals surface area contributed by atoms with Crippen LogP contribution in [0.25, 0.3) is 0 Å². The van der Waals surface area contributed by atoms with E-state index in [1.807, 2.05) is 24.3 Å². The van der Waals surface area contributed by atoms with Gasteiger partial charge >= 0.3 is 0 Å². The van der Waals surface area contributed by atoms with Crippen molar-refractivity contribution >= 4 is 36.4 Å². The lowest BCUT2D eigenvalue weighted by Crippen LogP contribution is -2.34. The van der Waals surface area contributed by atoms with Gasteiger partial charge in [0, 0.05) is 30.0 Å². The maximum Gasteiger partial charge on any atom is 0.227 e. The van der Waals surface area contributed by atoms with E-state index in [0.717, 1.165) is 37.1 Å². The molecule has 1 aromatic carbocycles. The number of carbonyl (C=O) groups excluding carboxylic acids is 1. The summed E-state index contributed by atoms with van der Waals surface area (Å²) in [6.07, 6.45) is 7.10. The van der Waals surface area contributed by atoms with Crippen molar-refractivity contribution in [3.8, 4) is 11.5 Å². The van der Waals surface area contributed by atoms with Gasteiger partial charge < -0.3 is 15.8 Å². The van der Waals surface area contributed by atoms with Gasteiger partial charge in [-0.3, -0.25) is 9.78 Å². The second-order valence-electron chi connectivity index (χ2n) is 5.92. The van der Waals surface area contributed by atoms with Crippen LogP contribution in [0.1, 0.15) is 25.7 Å². The molecule has 1 amide bonds. The van der Waals surface area contributed by atoms with E-state index in [4.69, 9.17) is 10.5 Å². The SMILES string of the molecule is Cl.Cl.NC1CCCC(C(=O)Nc2ccc(Oc3ccncc3)cc2)C1. The number of ether oxygens (including phenoxy) is 1. The van der Waals surface area contributed by atoms with Gasteiger partial charge in [-0.15, -0.1) is 24.8 Å². The molecule has 5 nitrogen and oxygen atoms in total. The molecule has 0 saturated heterocycles. The highest BCUT2D eigenvalue weighted by molar-refractivity contribution is 5.92. The summed E-state index contributed by atoms with van der Waals surface area (Å²) >= 11 is 0. The molecule has 25 heavy (non-hydrogen) atoms. The van der Waals surface area contributed by atoms with Crippen molar-refractivity contribution in [2.75, 3.05) is 5.32 Å². The number of carbonyl (C=O) groups is 1. The van der Waals surface area contributed by atoms with Crippen LogP contribution in [-0.2, 0) is 4.79 Å². The fourth-order valence-electron chi connectivity index (χ4n) is 2.86. The van der Waals surface area contributed by atoms with Crippen LogP contribution in [0.3, 0.4) is 0 Å². The number of benzene rings is 1. The minimum atomic E-state index is 0. The lowest BCUT2D eigenvalue weighted by molar-refractivity contribution is -0.120. The van der Waals surface area contributed by atoms with E-state index >= 15 is 0 Å². The van der Waals surface area contributed by atoms with Gasteiger partial charge in [-0.25, -0.2) is 0 Å². The van der Waals surface area contributed by atoms with Crippen molar-refractivity contribution in [2.45, 2.75) is 31.7 Å². The summed E-state index contributed by atoms with van der Waals surface area (Å²) in [6, 6.07) is 11.1. The molecule has 2 aromatic rings.